The molecule has 0 saturated heterocycles. The molecule has 6 nitrogen and oxygen atoms in total. The number of carbonyl (C=O) groups is 1. The number of pyridine rings is 1. The predicted molar refractivity (Wildman–Crippen MR) is 79.4 cm³/mol. The van der Waals surface area contributed by atoms with Crippen LogP contribution in [-0.2, 0) is 0 Å². The van der Waals surface area contributed by atoms with Crippen LogP contribution in [0.5, 0.6) is 0 Å². The highest BCUT2D eigenvalue weighted by Crippen LogP contribution is 2.28. The van der Waals surface area contributed by atoms with Gasteiger partial charge in [-0.2, -0.15) is 0 Å². The van der Waals surface area contributed by atoms with E-state index in [-0.39, 0.29) is 28.4 Å². The van der Waals surface area contributed by atoms with E-state index >= 15 is 0 Å². The fourth-order valence-corrected chi connectivity index (χ4v) is 2.86. The van der Waals surface area contributed by atoms with Crippen molar-refractivity contribution in [2.24, 2.45) is 5.92 Å². The van der Waals surface area contributed by atoms with Gasteiger partial charge in [0.05, 0.1) is 10.5 Å². The molecule has 1 aliphatic carbocycles. The highest BCUT2D eigenvalue weighted by atomic mass is 35.5. The predicted octanol–water partition coefficient (Wildman–Crippen LogP) is 3.29. The van der Waals surface area contributed by atoms with Crippen molar-refractivity contribution in [3.05, 3.63) is 33.1 Å². The molecule has 1 heterocycles. The number of rotatable bonds is 3. The van der Waals surface area contributed by atoms with Gasteiger partial charge >= 0.3 is 0 Å². The molecule has 1 aliphatic rings. The molecule has 1 saturated carbocycles. The van der Waals surface area contributed by atoms with E-state index in [0.717, 1.165) is 31.9 Å². The molecule has 21 heavy (non-hydrogen) atoms. The summed E-state index contributed by atoms with van der Waals surface area (Å²) in [6.07, 6.45) is 5.13. The third kappa shape index (κ3) is 3.50. The fraction of sp³-hybridized carbons (Fsp3) is 0.571. The van der Waals surface area contributed by atoms with Gasteiger partial charge in [-0.1, -0.05) is 18.5 Å². The van der Waals surface area contributed by atoms with Crippen molar-refractivity contribution in [2.45, 2.75) is 38.6 Å². The fourth-order valence-electron chi connectivity index (χ4n) is 2.67. The Morgan fingerprint density at radius 1 is 1.43 bits per heavy atom. The Bertz CT molecular complexity index is 556. The molecule has 0 aromatic carbocycles. The molecule has 0 unspecified atom stereocenters. The van der Waals surface area contributed by atoms with Crippen molar-refractivity contribution in [1.29, 1.82) is 0 Å². The van der Waals surface area contributed by atoms with Gasteiger partial charge in [0.1, 0.15) is 11.3 Å². The van der Waals surface area contributed by atoms with Crippen LogP contribution in [0.1, 0.15) is 43.0 Å². The monoisotopic (exact) mass is 311 g/mol. The molecule has 1 aromatic heterocycles. The van der Waals surface area contributed by atoms with E-state index in [9.17, 15) is 14.9 Å². The van der Waals surface area contributed by atoms with Gasteiger partial charge in [0.15, 0.2) is 0 Å². The van der Waals surface area contributed by atoms with Crippen molar-refractivity contribution >= 4 is 23.2 Å². The molecule has 1 amide bonds. The molecule has 7 heteroatoms. The van der Waals surface area contributed by atoms with Crippen LogP contribution in [0.2, 0.25) is 5.15 Å². The lowest BCUT2D eigenvalue weighted by atomic mass is 9.86. The molecular weight excluding hydrogens is 294 g/mol. The molecule has 0 bridgehead atoms. The van der Waals surface area contributed by atoms with E-state index in [1.807, 2.05) is 0 Å². The second-order valence-electron chi connectivity index (χ2n) is 5.62. The van der Waals surface area contributed by atoms with Crippen molar-refractivity contribution in [1.82, 2.24) is 9.88 Å². The van der Waals surface area contributed by atoms with E-state index in [2.05, 4.69) is 11.9 Å². The summed E-state index contributed by atoms with van der Waals surface area (Å²) < 4.78 is 0. The van der Waals surface area contributed by atoms with Crippen molar-refractivity contribution < 1.29 is 9.72 Å². The van der Waals surface area contributed by atoms with Gasteiger partial charge in [-0.05, 0) is 31.6 Å². The minimum atomic E-state index is -0.581. The summed E-state index contributed by atoms with van der Waals surface area (Å²) in [5.74, 6) is 0.378. The summed E-state index contributed by atoms with van der Waals surface area (Å²) in [7, 11) is 1.72. The van der Waals surface area contributed by atoms with Crippen LogP contribution in [0, 0.1) is 16.0 Å². The number of aromatic nitrogens is 1. The topological polar surface area (TPSA) is 76.3 Å². The third-order valence-corrected chi connectivity index (χ3v) is 4.42. The van der Waals surface area contributed by atoms with E-state index in [1.165, 1.54) is 6.07 Å². The minimum absolute atomic E-state index is 0.00151. The first-order valence-electron chi connectivity index (χ1n) is 6.97. The second kappa shape index (κ2) is 6.39. The molecule has 0 radical (unpaired) electrons. The van der Waals surface area contributed by atoms with Crippen molar-refractivity contribution in [3.63, 3.8) is 0 Å². The summed E-state index contributed by atoms with van der Waals surface area (Å²) in [5, 5.41) is 10.8. The van der Waals surface area contributed by atoms with E-state index in [0.29, 0.717) is 5.92 Å². The van der Waals surface area contributed by atoms with Crippen LogP contribution in [0.3, 0.4) is 0 Å². The average molecular weight is 312 g/mol. The van der Waals surface area contributed by atoms with Crippen LogP contribution >= 0.6 is 11.6 Å². The van der Waals surface area contributed by atoms with Gasteiger partial charge in [-0.25, -0.2) is 4.98 Å². The van der Waals surface area contributed by atoms with Gasteiger partial charge in [-0.3, -0.25) is 14.9 Å². The normalized spacial score (nSPS) is 21.9. The molecule has 1 aromatic rings. The van der Waals surface area contributed by atoms with Gasteiger partial charge in [-0.15, -0.1) is 0 Å². The number of hydrogen-bond acceptors (Lipinski definition) is 4. The number of halogens is 1. The molecule has 1 fully saturated rings. The lowest BCUT2D eigenvalue weighted by molar-refractivity contribution is -0.385. The average Bonchev–Trinajstić information content (AvgIpc) is 2.47. The van der Waals surface area contributed by atoms with Gasteiger partial charge < -0.3 is 4.90 Å². The summed E-state index contributed by atoms with van der Waals surface area (Å²) in [5.41, 5.74) is -0.139. The van der Waals surface area contributed by atoms with E-state index < -0.39 is 4.92 Å². The van der Waals surface area contributed by atoms with Gasteiger partial charge in [0.2, 0.25) is 0 Å². The van der Waals surface area contributed by atoms with Crippen molar-refractivity contribution in [2.75, 3.05) is 7.05 Å². The Hall–Kier alpha value is -1.69. The number of amides is 1. The first-order chi connectivity index (χ1) is 9.90. The Morgan fingerprint density at radius 3 is 2.62 bits per heavy atom. The maximum absolute atomic E-state index is 12.5. The van der Waals surface area contributed by atoms with Gasteiger partial charge in [0, 0.05) is 19.2 Å². The van der Waals surface area contributed by atoms with Crippen LogP contribution < -0.4 is 0 Å². The third-order valence-electron chi connectivity index (χ3n) is 4.12. The summed E-state index contributed by atoms with van der Waals surface area (Å²) >= 11 is 5.92. The number of nitrogens with zero attached hydrogens (tertiary/aromatic N) is 3. The molecule has 0 N–H and O–H groups in total. The maximum Gasteiger partial charge on any atom is 0.288 e. The standard InChI is InChI=1S/C14H18ClN3O3/c1-9-3-5-10(6-4-9)17(2)14(19)12-7-11(18(20)21)8-16-13(12)15/h7-10H,3-6H2,1-2H3. The quantitative estimate of drug-likeness (QED) is 0.487. The smallest absolute Gasteiger partial charge is 0.288 e. The van der Waals surface area contributed by atoms with Gasteiger partial charge in [0.25, 0.3) is 11.6 Å². The highest BCUT2D eigenvalue weighted by Gasteiger charge is 2.27. The number of carbonyl (C=O) groups excluding carboxylic acids is 1. The molecule has 0 spiro atoms. The SMILES string of the molecule is CC1CCC(N(C)C(=O)c2cc([N+](=O)[O-])cnc2Cl)CC1. The van der Waals surface area contributed by atoms with Crippen LogP contribution in [0.15, 0.2) is 12.3 Å². The largest absolute Gasteiger partial charge is 0.339 e. The number of hydrogen-bond donors (Lipinski definition) is 0. The first-order valence-corrected chi connectivity index (χ1v) is 7.35. The highest BCUT2D eigenvalue weighted by molar-refractivity contribution is 6.32. The Kier molecular flexibility index (Phi) is 4.77. The molecular formula is C14H18ClN3O3. The maximum atomic E-state index is 12.5. The molecule has 2 rings (SSSR count). The number of nitro groups is 1. The zero-order valence-electron chi connectivity index (χ0n) is 12.1. The van der Waals surface area contributed by atoms with Crippen LogP contribution in [0.4, 0.5) is 5.69 Å². The van der Waals surface area contributed by atoms with E-state index in [1.54, 1.807) is 11.9 Å². The first kappa shape index (κ1) is 15.7. The van der Waals surface area contributed by atoms with E-state index in [4.69, 9.17) is 11.6 Å². The summed E-state index contributed by atoms with van der Waals surface area (Å²) in [6, 6.07) is 1.35. The second-order valence-corrected chi connectivity index (χ2v) is 5.98. The Morgan fingerprint density at radius 2 is 2.05 bits per heavy atom. The molecule has 0 atom stereocenters. The summed E-state index contributed by atoms with van der Waals surface area (Å²) in [6.45, 7) is 2.21. The lowest BCUT2D eigenvalue weighted by Gasteiger charge is -2.33. The van der Waals surface area contributed by atoms with Crippen LogP contribution in [-0.4, -0.2) is 33.8 Å². The zero-order chi connectivity index (χ0) is 15.6. The van der Waals surface area contributed by atoms with Crippen molar-refractivity contribution in [3.8, 4) is 0 Å². The van der Waals surface area contributed by atoms with Crippen LogP contribution in [0.25, 0.3) is 0 Å². The Balaban J connectivity index is 2.19. The zero-order valence-corrected chi connectivity index (χ0v) is 12.8. The molecule has 114 valence electrons. The minimum Gasteiger partial charge on any atom is -0.339 e. The molecule has 0 aliphatic heterocycles. The lowest BCUT2D eigenvalue weighted by Crippen LogP contribution is -2.39. The Labute approximate surface area is 128 Å². The summed E-state index contributed by atoms with van der Waals surface area (Å²) in [4.78, 5) is 28.1.